The average Bonchev–Trinajstić information content (AvgIpc) is 3.00. The van der Waals surface area contributed by atoms with E-state index in [0.29, 0.717) is 5.95 Å². The van der Waals surface area contributed by atoms with Crippen molar-refractivity contribution in [3.05, 3.63) is 34.2 Å². The standard InChI is InChI=1S/C13H17N5S/c14-9-3-4-18(8-9)12-7-10(16-13(15)17-12)6-11-2-1-5-19-11/h1-2,5,7,9H,3-4,6,8,14H2,(H2,15,16,17). The predicted molar refractivity (Wildman–Crippen MR) is 78.4 cm³/mol. The zero-order valence-corrected chi connectivity index (χ0v) is 11.4. The number of thiophene rings is 1. The van der Waals surface area contributed by atoms with E-state index in [2.05, 4.69) is 26.3 Å². The molecule has 0 aromatic carbocycles. The van der Waals surface area contributed by atoms with E-state index < -0.39 is 0 Å². The van der Waals surface area contributed by atoms with Gasteiger partial charge in [-0.05, 0) is 17.9 Å². The number of nitrogen functional groups attached to an aromatic ring is 1. The number of hydrogen-bond acceptors (Lipinski definition) is 6. The van der Waals surface area contributed by atoms with Crippen LogP contribution in [0, 0.1) is 0 Å². The maximum Gasteiger partial charge on any atom is 0.222 e. The second kappa shape index (κ2) is 5.14. The van der Waals surface area contributed by atoms with E-state index in [9.17, 15) is 0 Å². The minimum absolute atomic E-state index is 0.233. The monoisotopic (exact) mass is 275 g/mol. The fraction of sp³-hybridized carbons (Fsp3) is 0.385. The van der Waals surface area contributed by atoms with Gasteiger partial charge < -0.3 is 16.4 Å². The van der Waals surface area contributed by atoms with Crippen LogP contribution in [0.2, 0.25) is 0 Å². The first-order valence-electron chi connectivity index (χ1n) is 6.37. The Morgan fingerprint density at radius 2 is 2.32 bits per heavy atom. The van der Waals surface area contributed by atoms with Crippen molar-refractivity contribution in [1.29, 1.82) is 0 Å². The van der Waals surface area contributed by atoms with Crippen molar-refractivity contribution >= 4 is 23.1 Å². The molecule has 0 bridgehead atoms. The van der Waals surface area contributed by atoms with Crippen LogP contribution in [0.25, 0.3) is 0 Å². The van der Waals surface area contributed by atoms with Gasteiger partial charge in [0.2, 0.25) is 5.95 Å². The zero-order chi connectivity index (χ0) is 13.2. The van der Waals surface area contributed by atoms with Crippen LogP contribution in [0.3, 0.4) is 0 Å². The predicted octanol–water partition coefficient (Wildman–Crippen LogP) is 1.25. The number of aromatic nitrogens is 2. The fourth-order valence-corrected chi connectivity index (χ4v) is 3.06. The molecule has 0 spiro atoms. The van der Waals surface area contributed by atoms with Crippen molar-refractivity contribution < 1.29 is 0 Å². The molecule has 1 saturated heterocycles. The zero-order valence-electron chi connectivity index (χ0n) is 10.6. The molecule has 0 aliphatic carbocycles. The Labute approximate surface area is 116 Å². The first-order valence-corrected chi connectivity index (χ1v) is 7.25. The molecule has 2 aromatic rings. The summed E-state index contributed by atoms with van der Waals surface area (Å²) < 4.78 is 0. The van der Waals surface area contributed by atoms with Crippen LogP contribution in [-0.4, -0.2) is 29.1 Å². The Kier molecular flexibility index (Phi) is 3.35. The van der Waals surface area contributed by atoms with Crippen molar-refractivity contribution in [3.63, 3.8) is 0 Å². The van der Waals surface area contributed by atoms with Crippen molar-refractivity contribution in [2.45, 2.75) is 18.9 Å². The number of anilines is 2. The number of rotatable bonds is 3. The van der Waals surface area contributed by atoms with Crippen molar-refractivity contribution in [2.75, 3.05) is 23.7 Å². The second-order valence-electron chi connectivity index (χ2n) is 4.83. The first-order chi connectivity index (χ1) is 9.20. The molecule has 3 heterocycles. The quantitative estimate of drug-likeness (QED) is 0.881. The molecular weight excluding hydrogens is 258 g/mol. The summed E-state index contributed by atoms with van der Waals surface area (Å²) in [5.41, 5.74) is 12.7. The number of nitrogens with zero attached hydrogens (tertiary/aromatic N) is 3. The van der Waals surface area contributed by atoms with Gasteiger partial charge in [-0.3, -0.25) is 0 Å². The molecule has 2 aromatic heterocycles. The summed E-state index contributed by atoms with van der Waals surface area (Å²) >= 11 is 1.73. The van der Waals surface area contributed by atoms with Crippen LogP contribution < -0.4 is 16.4 Å². The van der Waals surface area contributed by atoms with Crippen LogP contribution in [0.5, 0.6) is 0 Å². The Hall–Kier alpha value is -1.66. The number of nitrogens with two attached hydrogens (primary N) is 2. The van der Waals surface area contributed by atoms with E-state index >= 15 is 0 Å². The van der Waals surface area contributed by atoms with Crippen LogP contribution in [-0.2, 0) is 6.42 Å². The third-order valence-electron chi connectivity index (χ3n) is 3.27. The summed E-state index contributed by atoms with van der Waals surface area (Å²) in [6.45, 7) is 1.78. The highest BCUT2D eigenvalue weighted by atomic mass is 32.1. The van der Waals surface area contributed by atoms with Gasteiger partial charge >= 0.3 is 0 Å². The maximum atomic E-state index is 5.93. The van der Waals surface area contributed by atoms with Gasteiger partial charge in [0, 0.05) is 36.5 Å². The smallest absolute Gasteiger partial charge is 0.222 e. The van der Waals surface area contributed by atoms with Gasteiger partial charge in [0.1, 0.15) is 5.82 Å². The minimum Gasteiger partial charge on any atom is -0.368 e. The highest BCUT2D eigenvalue weighted by Crippen LogP contribution is 2.21. The molecule has 3 rings (SSSR count). The Bertz CT molecular complexity index is 554. The molecule has 100 valence electrons. The summed E-state index contributed by atoms with van der Waals surface area (Å²) in [5.74, 6) is 1.23. The lowest BCUT2D eigenvalue weighted by molar-refractivity contribution is 0.751. The maximum absolute atomic E-state index is 5.93. The van der Waals surface area contributed by atoms with Crippen LogP contribution in [0.1, 0.15) is 17.0 Å². The third kappa shape index (κ3) is 2.85. The highest BCUT2D eigenvalue weighted by Gasteiger charge is 2.21. The molecule has 4 N–H and O–H groups in total. The molecule has 6 heteroatoms. The molecular formula is C13H17N5S. The van der Waals surface area contributed by atoms with E-state index in [1.54, 1.807) is 11.3 Å². The van der Waals surface area contributed by atoms with Gasteiger partial charge in [0.25, 0.3) is 0 Å². The highest BCUT2D eigenvalue weighted by molar-refractivity contribution is 7.09. The molecule has 1 unspecified atom stereocenters. The normalized spacial score (nSPS) is 19.0. The Balaban J connectivity index is 1.83. The summed E-state index contributed by atoms with van der Waals surface area (Å²) in [7, 11) is 0. The van der Waals surface area contributed by atoms with Gasteiger partial charge in [-0.15, -0.1) is 11.3 Å². The minimum atomic E-state index is 0.233. The molecule has 1 aliphatic heterocycles. The fourth-order valence-electron chi connectivity index (χ4n) is 2.34. The second-order valence-corrected chi connectivity index (χ2v) is 5.86. The van der Waals surface area contributed by atoms with E-state index in [1.165, 1.54) is 4.88 Å². The Morgan fingerprint density at radius 3 is 3.00 bits per heavy atom. The van der Waals surface area contributed by atoms with Crippen LogP contribution >= 0.6 is 11.3 Å². The Morgan fingerprint density at radius 1 is 1.42 bits per heavy atom. The molecule has 0 amide bonds. The van der Waals surface area contributed by atoms with Crippen LogP contribution in [0.15, 0.2) is 23.6 Å². The molecule has 1 aliphatic rings. The van der Waals surface area contributed by atoms with E-state index in [1.807, 2.05) is 12.1 Å². The van der Waals surface area contributed by atoms with E-state index in [0.717, 1.165) is 37.4 Å². The molecule has 5 nitrogen and oxygen atoms in total. The van der Waals surface area contributed by atoms with Gasteiger partial charge in [-0.25, -0.2) is 4.98 Å². The van der Waals surface area contributed by atoms with Crippen molar-refractivity contribution in [2.24, 2.45) is 5.73 Å². The van der Waals surface area contributed by atoms with Gasteiger partial charge in [-0.2, -0.15) is 4.98 Å². The molecule has 1 fully saturated rings. The summed E-state index contributed by atoms with van der Waals surface area (Å²) in [5, 5.41) is 2.07. The van der Waals surface area contributed by atoms with Gasteiger partial charge in [0.15, 0.2) is 0 Å². The topological polar surface area (TPSA) is 81.1 Å². The summed E-state index contributed by atoms with van der Waals surface area (Å²) in [6, 6.07) is 6.41. The van der Waals surface area contributed by atoms with Crippen molar-refractivity contribution in [1.82, 2.24) is 9.97 Å². The van der Waals surface area contributed by atoms with Gasteiger partial charge in [0.05, 0.1) is 5.69 Å². The summed E-state index contributed by atoms with van der Waals surface area (Å²) in [6.07, 6.45) is 1.81. The lowest BCUT2D eigenvalue weighted by atomic mass is 10.2. The van der Waals surface area contributed by atoms with Crippen LogP contribution in [0.4, 0.5) is 11.8 Å². The van der Waals surface area contributed by atoms with E-state index in [-0.39, 0.29) is 6.04 Å². The third-order valence-corrected chi connectivity index (χ3v) is 4.14. The lowest BCUT2D eigenvalue weighted by Crippen LogP contribution is -2.27. The van der Waals surface area contributed by atoms with E-state index in [4.69, 9.17) is 11.5 Å². The molecule has 0 saturated carbocycles. The van der Waals surface area contributed by atoms with Crippen molar-refractivity contribution in [3.8, 4) is 0 Å². The first kappa shape index (κ1) is 12.4. The average molecular weight is 275 g/mol. The molecule has 1 atom stereocenters. The number of hydrogen-bond donors (Lipinski definition) is 2. The molecule has 0 radical (unpaired) electrons. The summed E-state index contributed by atoms with van der Waals surface area (Å²) in [4.78, 5) is 12.1. The lowest BCUT2D eigenvalue weighted by Gasteiger charge is -2.17. The molecule has 19 heavy (non-hydrogen) atoms. The van der Waals surface area contributed by atoms with Gasteiger partial charge in [-0.1, -0.05) is 6.07 Å². The SMILES string of the molecule is Nc1nc(Cc2cccs2)cc(N2CCC(N)C2)n1. The largest absolute Gasteiger partial charge is 0.368 e.